The number of aromatic nitrogens is 2. The lowest BCUT2D eigenvalue weighted by Crippen LogP contribution is -2.12. The van der Waals surface area contributed by atoms with Crippen LogP contribution < -0.4 is 5.14 Å². The summed E-state index contributed by atoms with van der Waals surface area (Å²) in [6.07, 6.45) is 2.92. The molecular formula is C11H14ClN3O2S. The van der Waals surface area contributed by atoms with E-state index in [0.717, 1.165) is 25.1 Å². The van der Waals surface area contributed by atoms with E-state index in [9.17, 15) is 8.42 Å². The van der Waals surface area contributed by atoms with Crippen molar-refractivity contribution < 1.29 is 8.42 Å². The minimum absolute atomic E-state index is 0.0811. The second kappa shape index (κ2) is 4.87. The molecule has 0 aliphatic rings. The number of primary sulfonamides is 1. The minimum atomic E-state index is -3.81. The molecule has 0 atom stereocenters. The Hall–Kier alpha value is -1.11. The van der Waals surface area contributed by atoms with Gasteiger partial charge in [-0.2, -0.15) is 0 Å². The van der Waals surface area contributed by atoms with E-state index >= 15 is 0 Å². The largest absolute Gasteiger partial charge is 0.342 e. The average molecular weight is 288 g/mol. The fraction of sp³-hybridized carbons (Fsp3) is 0.364. The highest BCUT2D eigenvalue weighted by atomic mass is 35.5. The minimum Gasteiger partial charge on any atom is -0.342 e. The van der Waals surface area contributed by atoms with Gasteiger partial charge in [0, 0.05) is 6.42 Å². The van der Waals surface area contributed by atoms with Crippen LogP contribution in [0, 0.1) is 0 Å². The Kier molecular flexibility index (Phi) is 3.61. The number of benzene rings is 1. The van der Waals surface area contributed by atoms with E-state index in [4.69, 9.17) is 16.7 Å². The summed E-state index contributed by atoms with van der Waals surface area (Å²) in [5.74, 6) is 0.828. The number of aromatic amines is 1. The monoisotopic (exact) mass is 287 g/mol. The summed E-state index contributed by atoms with van der Waals surface area (Å²) in [6, 6.07) is 2.94. The van der Waals surface area contributed by atoms with Crippen molar-refractivity contribution in [2.24, 2.45) is 5.14 Å². The van der Waals surface area contributed by atoms with Crippen LogP contribution in [0.25, 0.3) is 11.0 Å². The molecule has 18 heavy (non-hydrogen) atoms. The number of H-pyrrole nitrogens is 1. The molecule has 0 aliphatic heterocycles. The Morgan fingerprint density at radius 3 is 2.78 bits per heavy atom. The molecule has 1 aromatic heterocycles. The first-order valence-corrected chi connectivity index (χ1v) is 7.55. The number of unbranched alkanes of at least 4 members (excludes halogenated alkanes) is 1. The Labute approximate surface area is 110 Å². The second-order valence-corrected chi connectivity index (χ2v) is 6.07. The van der Waals surface area contributed by atoms with Crippen LogP contribution in [0.3, 0.4) is 0 Å². The van der Waals surface area contributed by atoms with E-state index in [1.165, 1.54) is 12.1 Å². The molecule has 0 fully saturated rings. The zero-order chi connectivity index (χ0) is 13.3. The number of imidazole rings is 1. The zero-order valence-corrected chi connectivity index (χ0v) is 11.5. The summed E-state index contributed by atoms with van der Waals surface area (Å²) in [5.41, 5.74) is 1.29. The van der Waals surface area contributed by atoms with Gasteiger partial charge in [0.25, 0.3) is 0 Å². The van der Waals surface area contributed by atoms with E-state index in [-0.39, 0.29) is 9.92 Å². The predicted octanol–water partition coefficient (Wildman–Crippen LogP) is 2.21. The number of nitrogens with two attached hydrogens (primary N) is 1. The molecule has 2 rings (SSSR count). The lowest BCUT2D eigenvalue weighted by Gasteiger charge is -2.00. The smallest absolute Gasteiger partial charge is 0.239 e. The Bertz CT molecular complexity index is 679. The van der Waals surface area contributed by atoms with Crippen LogP contribution in [0.1, 0.15) is 25.6 Å². The van der Waals surface area contributed by atoms with Crippen LogP contribution in [0.2, 0.25) is 5.02 Å². The number of rotatable bonds is 4. The molecule has 0 spiro atoms. The number of nitrogens with zero attached hydrogens (tertiary/aromatic N) is 1. The van der Waals surface area contributed by atoms with E-state index in [1.807, 2.05) is 0 Å². The fourth-order valence-electron chi connectivity index (χ4n) is 1.74. The number of hydrogen-bond acceptors (Lipinski definition) is 3. The van der Waals surface area contributed by atoms with Gasteiger partial charge in [-0.25, -0.2) is 18.5 Å². The maximum absolute atomic E-state index is 11.3. The van der Waals surface area contributed by atoms with Crippen molar-refractivity contribution in [3.63, 3.8) is 0 Å². The van der Waals surface area contributed by atoms with Crippen molar-refractivity contribution in [2.75, 3.05) is 0 Å². The average Bonchev–Trinajstić information content (AvgIpc) is 2.65. The predicted molar refractivity (Wildman–Crippen MR) is 71.1 cm³/mol. The lowest BCUT2D eigenvalue weighted by molar-refractivity contribution is 0.598. The van der Waals surface area contributed by atoms with Crippen LogP contribution in [0.5, 0.6) is 0 Å². The van der Waals surface area contributed by atoms with E-state index < -0.39 is 10.0 Å². The van der Waals surface area contributed by atoms with Gasteiger partial charge in [-0.3, -0.25) is 0 Å². The van der Waals surface area contributed by atoms with E-state index in [2.05, 4.69) is 16.9 Å². The molecule has 98 valence electrons. The Balaban J connectivity index is 2.51. The van der Waals surface area contributed by atoms with Crippen LogP contribution in [-0.2, 0) is 16.4 Å². The van der Waals surface area contributed by atoms with Crippen molar-refractivity contribution in [1.82, 2.24) is 9.97 Å². The maximum Gasteiger partial charge on any atom is 0.239 e. The van der Waals surface area contributed by atoms with Gasteiger partial charge in [-0.05, 0) is 18.6 Å². The zero-order valence-electron chi connectivity index (χ0n) is 9.90. The van der Waals surface area contributed by atoms with Gasteiger partial charge >= 0.3 is 0 Å². The lowest BCUT2D eigenvalue weighted by atomic mass is 10.2. The van der Waals surface area contributed by atoms with E-state index in [1.54, 1.807) is 0 Å². The molecule has 3 N–H and O–H groups in total. The van der Waals surface area contributed by atoms with Crippen LogP contribution in [0.4, 0.5) is 0 Å². The summed E-state index contributed by atoms with van der Waals surface area (Å²) in [4.78, 5) is 7.36. The van der Waals surface area contributed by atoms with Crippen molar-refractivity contribution in [1.29, 1.82) is 0 Å². The first-order chi connectivity index (χ1) is 8.41. The van der Waals surface area contributed by atoms with E-state index in [0.29, 0.717) is 11.0 Å². The molecule has 0 saturated carbocycles. The highest BCUT2D eigenvalue weighted by Gasteiger charge is 2.15. The topological polar surface area (TPSA) is 88.8 Å². The van der Waals surface area contributed by atoms with Gasteiger partial charge in [-0.1, -0.05) is 24.9 Å². The Morgan fingerprint density at radius 1 is 1.44 bits per heavy atom. The summed E-state index contributed by atoms with van der Waals surface area (Å²) in [7, 11) is -3.81. The molecule has 5 nitrogen and oxygen atoms in total. The number of nitrogens with one attached hydrogen (secondary N) is 1. The molecular weight excluding hydrogens is 274 g/mol. The van der Waals surface area contributed by atoms with Crippen molar-refractivity contribution >= 4 is 32.7 Å². The maximum atomic E-state index is 11.3. The first-order valence-electron chi connectivity index (χ1n) is 5.62. The molecule has 2 aromatic rings. The number of fused-ring (bicyclic) bond motifs is 1. The van der Waals surface area contributed by atoms with Gasteiger partial charge in [-0.15, -0.1) is 0 Å². The highest BCUT2D eigenvalue weighted by Crippen LogP contribution is 2.25. The van der Waals surface area contributed by atoms with Gasteiger partial charge in [0.05, 0.1) is 16.1 Å². The number of hydrogen-bond donors (Lipinski definition) is 2. The van der Waals surface area contributed by atoms with Crippen molar-refractivity contribution in [3.05, 3.63) is 23.0 Å². The summed E-state index contributed by atoms with van der Waals surface area (Å²) in [5, 5.41) is 5.18. The molecule has 0 unspecified atom stereocenters. The van der Waals surface area contributed by atoms with Crippen LogP contribution in [0.15, 0.2) is 17.0 Å². The van der Waals surface area contributed by atoms with Gasteiger partial charge in [0.2, 0.25) is 10.0 Å². The van der Waals surface area contributed by atoms with Crippen LogP contribution in [-0.4, -0.2) is 18.4 Å². The number of halogens is 1. The molecule has 0 amide bonds. The standard InChI is InChI=1S/C11H14ClN3O2S/c1-2-3-4-11-14-8-5-7(12)10(18(13,16)17)6-9(8)15-11/h5-6H,2-4H2,1H3,(H,14,15)(H2,13,16,17). The number of aryl methyl sites for hydroxylation is 1. The summed E-state index contributed by atoms with van der Waals surface area (Å²) >= 11 is 5.89. The quantitative estimate of drug-likeness (QED) is 0.903. The van der Waals surface area contributed by atoms with Gasteiger partial charge in [0.1, 0.15) is 10.7 Å². The summed E-state index contributed by atoms with van der Waals surface area (Å²) < 4.78 is 22.7. The summed E-state index contributed by atoms with van der Waals surface area (Å²) in [6.45, 7) is 2.10. The molecule has 0 radical (unpaired) electrons. The second-order valence-electron chi connectivity index (χ2n) is 4.13. The third-order valence-corrected chi connectivity index (χ3v) is 4.03. The van der Waals surface area contributed by atoms with Crippen molar-refractivity contribution in [2.45, 2.75) is 31.1 Å². The molecule has 0 saturated heterocycles. The van der Waals surface area contributed by atoms with Crippen LogP contribution >= 0.6 is 11.6 Å². The third kappa shape index (κ3) is 2.66. The molecule has 0 bridgehead atoms. The number of sulfonamides is 1. The molecule has 1 heterocycles. The van der Waals surface area contributed by atoms with Gasteiger partial charge in [0.15, 0.2) is 0 Å². The highest BCUT2D eigenvalue weighted by molar-refractivity contribution is 7.89. The first kappa shape index (κ1) is 13.3. The molecule has 7 heteroatoms. The SMILES string of the molecule is CCCCc1nc2cc(Cl)c(S(N)(=O)=O)cc2[nH]1. The molecule has 0 aliphatic carbocycles. The Morgan fingerprint density at radius 2 is 2.17 bits per heavy atom. The molecule has 1 aromatic carbocycles. The van der Waals surface area contributed by atoms with Crippen molar-refractivity contribution in [3.8, 4) is 0 Å². The van der Waals surface area contributed by atoms with Gasteiger partial charge < -0.3 is 4.98 Å². The normalized spacial score (nSPS) is 12.2. The third-order valence-electron chi connectivity index (χ3n) is 2.66. The fourth-order valence-corrected chi connectivity index (χ4v) is 2.84.